The van der Waals surface area contributed by atoms with Crippen LogP contribution in [0.1, 0.15) is 43.6 Å². The molecule has 1 aliphatic carbocycles. The molecule has 0 spiro atoms. The van der Waals surface area contributed by atoms with E-state index in [0.29, 0.717) is 6.54 Å². The summed E-state index contributed by atoms with van der Waals surface area (Å²) in [7, 11) is 0. The lowest BCUT2D eigenvalue weighted by Crippen LogP contribution is -2.34. The second-order valence-electron chi connectivity index (χ2n) is 5.64. The Labute approximate surface area is 130 Å². The van der Waals surface area contributed by atoms with Crippen molar-refractivity contribution in [1.82, 2.24) is 5.32 Å². The zero-order valence-corrected chi connectivity index (χ0v) is 14.3. The third-order valence-electron chi connectivity index (χ3n) is 2.94. The summed E-state index contributed by atoms with van der Waals surface area (Å²) in [6.45, 7) is 6.14. The van der Waals surface area contributed by atoms with Crippen LogP contribution in [-0.4, -0.2) is 18.2 Å². The van der Waals surface area contributed by atoms with Crippen LogP contribution < -0.4 is 5.32 Å². The number of alkyl carbamates (subject to hydrolysis) is 1. The molecule has 0 saturated heterocycles. The second-order valence-corrected chi connectivity index (χ2v) is 8.45. The SMILES string of the molecule is CC(C)(C)OC(=O)NCC1CCc2sc(Br)c(Cl)c21. The summed E-state index contributed by atoms with van der Waals surface area (Å²) in [4.78, 5) is 13.0. The highest BCUT2D eigenvalue weighted by Gasteiger charge is 2.29. The van der Waals surface area contributed by atoms with Gasteiger partial charge in [-0.15, -0.1) is 11.3 Å². The van der Waals surface area contributed by atoms with Crippen molar-refractivity contribution in [3.05, 3.63) is 19.2 Å². The Morgan fingerprint density at radius 1 is 1.58 bits per heavy atom. The highest BCUT2D eigenvalue weighted by atomic mass is 79.9. The lowest BCUT2D eigenvalue weighted by molar-refractivity contribution is 0.0524. The third-order valence-corrected chi connectivity index (χ3v) is 5.61. The number of aryl methyl sites for hydroxylation is 1. The van der Waals surface area contributed by atoms with Gasteiger partial charge < -0.3 is 10.1 Å². The number of rotatable bonds is 2. The molecule has 0 bridgehead atoms. The van der Waals surface area contributed by atoms with E-state index in [2.05, 4.69) is 21.2 Å². The van der Waals surface area contributed by atoms with Gasteiger partial charge in [-0.1, -0.05) is 11.6 Å². The van der Waals surface area contributed by atoms with E-state index < -0.39 is 5.60 Å². The van der Waals surface area contributed by atoms with Gasteiger partial charge in [0, 0.05) is 17.3 Å². The Bertz CT molecular complexity index is 496. The van der Waals surface area contributed by atoms with Crippen LogP contribution in [-0.2, 0) is 11.2 Å². The number of thiophene rings is 1. The number of amides is 1. The van der Waals surface area contributed by atoms with Gasteiger partial charge in [-0.05, 0) is 55.1 Å². The van der Waals surface area contributed by atoms with Crippen molar-refractivity contribution in [2.45, 2.75) is 45.1 Å². The quantitative estimate of drug-likeness (QED) is 0.822. The van der Waals surface area contributed by atoms with E-state index in [1.165, 1.54) is 10.4 Å². The highest BCUT2D eigenvalue weighted by molar-refractivity contribution is 9.11. The van der Waals surface area contributed by atoms with Gasteiger partial charge in [-0.25, -0.2) is 4.79 Å². The van der Waals surface area contributed by atoms with Crippen molar-refractivity contribution in [3.8, 4) is 0 Å². The van der Waals surface area contributed by atoms with E-state index in [0.717, 1.165) is 21.7 Å². The molecule has 3 nitrogen and oxygen atoms in total. The minimum Gasteiger partial charge on any atom is -0.444 e. The van der Waals surface area contributed by atoms with Gasteiger partial charge in [0.2, 0.25) is 0 Å². The maximum Gasteiger partial charge on any atom is 0.407 e. The summed E-state index contributed by atoms with van der Waals surface area (Å²) in [5.41, 5.74) is 0.725. The third kappa shape index (κ3) is 3.64. The molecular formula is C13H17BrClNO2S. The largest absolute Gasteiger partial charge is 0.444 e. The number of hydrogen-bond acceptors (Lipinski definition) is 3. The van der Waals surface area contributed by atoms with Crippen LogP contribution in [0.15, 0.2) is 3.79 Å². The fourth-order valence-corrected chi connectivity index (χ4v) is 4.46. The highest BCUT2D eigenvalue weighted by Crippen LogP contribution is 2.46. The predicted octanol–water partition coefficient (Wildman–Crippen LogP) is 4.72. The number of hydrogen-bond donors (Lipinski definition) is 1. The Balaban J connectivity index is 1.95. The molecule has 1 N–H and O–H groups in total. The monoisotopic (exact) mass is 365 g/mol. The zero-order valence-electron chi connectivity index (χ0n) is 11.2. The average Bonchev–Trinajstić information content (AvgIpc) is 2.76. The van der Waals surface area contributed by atoms with E-state index in [9.17, 15) is 4.79 Å². The first-order chi connectivity index (χ1) is 8.78. The summed E-state index contributed by atoms with van der Waals surface area (Å²) >= 11 is 11.4. The lowest BCUT2D eigenvalue weighted by atomic mass is 10.0. The Morgan fingerprint density at radius 2 is 2.26 bits per heavy atom. The molecule has 0 radical (unpaired) electrons. The fourth-order valence-electron chi connectivity index (χ4n) is 2.20. The Morgan fingerprint density at radius 3 is 2.89 bits per heavy atom. The molecule has 1 heterocycles. The van der Waals surface area contributed by atoms with Crippen LogP contribution >= 0.6 is 38.9 Å². The minimum absolute atomic E-state index is 0.289. The van der Waals surface area contributed by atoms with Crippen LogP contribution in [0.2, 0.25) is 5.02 Å². The molecule has 1 atom stereocenters. The Hall–Kier alpha value is -0.260. The minimum atomic E-state index is -0.464. The predicted molar refractivity (Wildman–Crippen MR) is 82.3 cm³/mol. The van der Waals surface area contributed by atoms with Crippen LogP contribution in [0.3, 0.4) is 0 Å². The van der Waals surface area contributed by atoms with Gasteiger partial charge in [0.05, 0.1) is 8.81 Å². The van der Waals surface area contributed by atoms with Crippen molar-refractivity contribution in [2.75, 3.05) is 6.54 Å². The first-order valence-electron chi connectivity index (χ1n) is 6.21. The van der Waals surface area contributed by atoms with Gasteiger partial charge in [0.15, 0.2) is 0 Å². The van der Waals surface area contributed by atoms with E-state index in [4.69, 9.17) is 16.3 Å². The fraction of sp³-hybridized carbons (Fsp3) is 0.615. The summed E-state index contributed by atoms with van der Waals surface area (Å²) < 4.78 is 6.22. The van der Waals surface area contributed by atoms with Crippen LogP contribution in [0.4, 0.5) is 4.79 Å². The summed E-state index contributed by atoms with van der Waals surface area (Å²) in [5.74, 6) is 0.289. The first kappa shape index (κ1) is 15.1. The normalized spacial score (nSPS) is 18.3. The number of carbonyl (C=O) groups is 1. The van der Waals surface area contributed by atoms with E-state index >= 15 is 0 Å². The molecule has 0 aliphatic heterocycles. The second kappa shape index (κ2) is 5.62. The zero-order chi connectivity index (χ0) is 14.2. The molecule has 19 heavy (non-hydrogen) atoms. The number of halogens is 2. The first-order valence-corrected chi connectivity index (χ1v) is 8.20. The van der Waals surface area contributed by atoms with Gasteiger partial charge in [0.25, 0.3) is 0 Å². The molecule has 0 saturated carbocycles. The van der Waals surface area contributed by atoms with Crippen LogP contribution in [0.5, 0.6) is 0 Å². The van der Waals surface area contributed by atoms with Gasteiger partial charge >= 0.3 is 6.09 Å². The van der Waals surface area contributed by atoms with E-state index in [1.807, 2.05) is 20.8 Å². The number of ether oxygens (including phenoxy) is 1. The van der Waals surface area contributed by atoms with Crippen molar-refractivity contribution in [2.24, 2.45) is 0 Å². The molecule has 1 aromatic rings. The standard InChI is InChI=1S/C13H17BrClNO2S/c1-13(2,3)18-12(17)16-6-7-4-5-8-9(7)10(15)11(14)19-8/h7H,4-6H2,1-3H3,(H,16,17). The molecule has 1 aromatic heterocycles. The number of fused-ring (bicyclic) bond motifs is 1. The lowest BCUT2D eigenvalue weighted by Gasteiger charge is -2.20. The molecule has 0 fully saturated rings. The average molecular weight is 367 g/mol. The summed E-state index contributed by atoms with van der Waals surface area (Å²) in [5, 5.41) is 3.63. The van der Waals surface area contributed by atoms with E-state index in [1.54, 1.807) is 11.3 Å². The van der Waals surface area contributed by atoms with Crippen molar-refractivity contribution >= 4 is 45.0 Å². The maximum atomic E-state index is 11.6. The van der Waals surface area contributed by atoms with Gasteiger partial charge in [0.1, 0.15) is 5.60 Å². The number of carbonyl (C=O) groups excluding carboxylic acids is 1. The summed E-state index contributed by atoms with van der Waals surface area (Å²) in [6.07, 6.45) is 1.70. The van der Waals surface area contributed by atoms with Crippen LogP contribution in [0, 0.1) is 0 Å². The molecule has 106 valence electrons. The summed E-state index contributed by atoms with van der Waals surface area (Å²) in [6, 6.07) is 0. The van der Waals surface area contributed by atoms with Gasteiger partial charge in [-0.2, -0.15) is 0 Å². The van der Waals surface area contributed by atoms with Crippen molar-refractivity contribution in [1.29, 1.82) is 0 Å². The number of nitrogens with one attached hydrogen (secondary N) is 1. The smallest absolute Gasteiger partial charge is 0.407 e. The van der Waals surface area contributed by atoms with Gasteiger partial charge in [-0.3, -0.25) is 0 Å². The topological polar surface area (TPSA) is 38.3 Å². The molecular weight excluding hydrogens is 350 g/mol. The van der Waals surface area contributed by atoms with Crippen LogP contribution in [0.25, 0.3) is 0 Å². The van der Waals surface area contributed by atoms with Crippen molar-refractivity contribution in [3.63, 3.8) is 0 Å². The molecule has 1 amide bonds. The van der Waals surface area contributed by atoms with Crippen molar-refractivity contribution < 1.29 is 9.53 Å². The maximum absolute atomic E-state index is 11.6. The molecule has 1 aliphatic rings. The molecule has 2 rings (SSSR count). The van der Waals surface area contributed by atoms with E-state index in [-0.39, 0.29) is 12.0 Å². The molecule has 6 heteroatoms. The molecule has 0 aromatic carbocycles. The molecule has 1 unspecified atom stereocenters. The Kier molecular flexibility index (Phi) is 4.48.